The maximum Gasteiger partial charge on any atom is 0.275 e. The van der Waals surface area contributed by atoms with Crippen molar-refractivity contribution in [2.75, 3.05) is 19.0 Å². The van der Waals surface area contributed by atoms with Crippen LogP contribution >= 0.6 is 11.3 Å². The summed E-state index contributed by atoms with van der Waals surface area (Å²) < 4.78 is 2.13. The molecule has 1 aliphatic rings. The summed E-state index contributed by atoms with van der Waals surface area (Å²) in [7, 11) is 3.82. The van der Waals surface area contributed by atoms with Crippen molar-refractivity contribution in [1.29, 1.82) is 0 Å². The van der Waals surface area contributed by atoms with Gasteiger partial charge in [0.15, 0.2) is 0 Å². The van der Waals surface area contributed by atoms with E-state index in [2.05, 4.69) is 20.7 Å². The highest BCUT2D eigenvalue weighted by Crippen LogP contribution is 2.33. The SMILES string of the molecule is CC1=C=CC=C(n2cnc3c(sc4ncnc(N(C)C)c43)c2=O)C=C1. The fourth-order valence-corrected chi connectivity index (χ4v) is 3.73. The van der Waals surface area contributed by atoms with Gasteiger partial charge < -0.3 is 4.90 Å². The molecule has 0 aliphatic heterocycles. The van der Waals surface area contributed by atoms with Crippen LogP contribution in [0.4, 0.5) is 5.82 Å². The molecule has 0 spiro atoms. The van der Waals surface area contributed by atoms with Crippen LogP contribution in [-0.2, 0) is 0 Å². The number of aromatic nitrogens is 4. The Labute approximate surface area is 147 Å². The normalized spacial score (nSPS) is 13.9. The number of thiophene rings is 1. The number of allylic oxidation sites excluding steroid dienone is 5. The van der Waals surface area contributed by atoms with Crippen molar-refractivity contribution in [2.45, 2.75) is 6.92 Å². The Balaban J connectivity index is 1.99. The highest BCUT2D eigenvalue weighted by molar-refractivity contribution is 7.25. The van der Waals surface area contributed by atoms with Crippen LogP contribution in [-0.4, -0.2) is 33.6 Å². The third-order valence-corrected chi connectivity index (χ3v) is 5.00. The molecule has 0 bridgehead atoms. The molecule has 0 atom stereocenters. The Hall–Kier alpha value is -3.02. The van der Waals surface area contributed by atoms with Crippen LogP contribution in [0.25, 0.3) is 26.1 Å². The van der Waals surface area contributed by atoms with Crippen LogP contribution in [0.15, 0.2) is 53.1 Å². The summed E-state index contributed by atoms with van der Waals surface area (Å²) in [6, 6.07) is 0. The number of rotatable bonds is 2. The van der Waals surface area contributed by atoms with Crippen molar-refractivity contribution in [3.63, 3.8) is 0 Å². The van der Waals surface area contributed by atoms with Crippen LogP contribution in [0, 0.1) is 0 Å². The van der Waals surface area contributed by atoms with Crippen molar-refractivity contribution in [1.82, 2.24) is 19.5 Å². The van der Waals surface area contributed by atoms with Gasteiger partial charge in [-0.1, -0.05) is 0 Å². The zero-order chi connectivity index (χ0) is 17.6. The zero-order valence-corrected chi connectivity index (χ0v) is 14.8. The summed E-state index contributed by atoms with van der Waals surface area (Å²) >= 11 is 1.35. The van der Waals surface area contributed by atoms with Gasteiger partial charge in [0, 0.05) is 14.1 Å². The van der Waals surface area contributed by atoms with Gasteiger partial charge in [0.2, 0.25) is 0 Å². The zero-order valence-electron chi connectivity index (χ0n) is 14.0. The van der Waals surface area contributed by atoms with E-state index >= 15 is 0 Å². The predicted molar refractivity (Wildman–Crippen MR) is 102 cm³/mol. The summed E-state index contributed by atoms with van der Waals surface area (Å²) in [5.41, 5.74) is 5.40. The van der Waals surface area contributed by atoms with Gasteiger partial charge in [0.25, 0.3) is 5.56 Å². The number of fused-ring (bicyclic) bond motifs is 3. The fraction of sp³-hybridized carbons (Fsp3) is 0.167. The molecular weight excluding hydrogens is 334 g/mol. The third-order valence-electron chi connectivity index (χ3n) is 3.93. The Morgan fingerprint density at radius 3 is 2.84 bits per heavy atom. The molecule has 0 aromatic carbocycles. The maximum absolute atomic E-state index is 13.0. The van der Waals surface area contributed by atoms with E-state index in [1.54, 1.807) is 10.9 Å². The molecule has 124 valence electrons. The van der Waals surface area contributed by atoms with E-state index in [-0.39, 0.29) is 5.56 Å². The summed E-state index contributed by atoms with van der Waals surface area (Å²) in [5, 5.41) is 0.819. The summed E-state index contributed by atoms with van der Waals surface area (Å²) in [6.45, 7) is 1.96. The van der Waals surface area contributed by atoms with Crippen molar-refractivity contribution in [3.05, 3.63) is 58.6 Å². The number of anilines is 1. The average molecular weight is 349 g/mol. The van der Waals surface area contributed by atoms with Crippen LogP contribution < -0.4 is 10.5 Å². The second kappa shape index (κ2) is 5.81. The summed E-state index contributed by atoms with van der Waals surface area (Å²) in [5.74, 6) is 0.761. The van der Waals surface area contributed by atoms with Gasteiger partial charge in [0.05, 0.1) is 11.1 Å². The molecule has 1 aliphatic carbocycles. The minimum Gasteiger partial charge on any atom is -0.362 e. The minimum absolute atomic E-state index is 0.110. The van der Waals surface area contributed by atoms with Crippen molar-refractivity contribution in [2.24, 2.45) is 0 Å². The molecule has 0 radical (unpaired) electrons. The topological polar surface area (TPSA) is 63.9 Å². The van der Waals surface area contributed by atoms with E-state index in [0.717, 1.165) is 27.3 Å². The van der Waals surface area contributed by atoms with Gasteiger partial charge in [-0.3, -0.25) is 9.36 Å². The smallest absolute Gasteiger partial charge is 0.275 e. The summed E-state index contributed by atoms with van der Waals surface area (Å²) in [4.78, 5) is 28.9. The highest BCUT2D eigenvalue weighted by Gasteiger charge is 2.18. The molecule has 0 amide bonds. The molecule has 3 aromatic heterocycles. The fourth-order valence-electron chi connectivity index (χ4n) is 2.71. The van der Waals surface area contributed by atoms with Crippen molar-refractivity contribution < 1.29 is 0 Å². The Morgan fingerprint density at radius 2 is 2.04 bits per heavy atom. The van der Waals surface area contributed by atoms with Gasteiger partial charge >= 0.3 is 0 Å². The first-order valence-electron chi connectivity index (χ1n) is 7.70. The molecule has 0 N–H and O–H groups in total. The van der Waals surface area contributed by atoms with Crippen LogP contribution in [0.5, 0.6) is 0 Å². The largest absolute Gasteiger partial charge is 0.362 e. The Bertz CT molecular complexity index is 1190. The number of hydrogen-bond acceptors (Lipinski definition) is 6. The van der Waals surface area contributed by atoms with Crippen LogP contribution in [0.2, 0.25) is 0 Å². The first kappa shape index (κ1) is 15.5. The lowest BCUT2D eigenvalue weighted by Crippen LogP contribution is -2.18. The Kier molecular flexibility index (Phi) is 3.60. The molecule has 3 aromatic rings. The highest BCUT2D eigenvalue weighted by atomic mass is 32.1. The molecule has 25 heavy (non-hydrogen) atoms. The van der Waals surface area contributed by atoms with Crippen molar-refractivity contribution in [3.8, 4) is 0 Å². The number of hydrogen-bond donors (Lipinski definition) is 0. The Morgan fingerprint density at radius 1 is 1.20 bits per heavy atom. The van der Waals surface area contributed by atoms with Crippen molar-refractivity contribution >= 4 is 43.3 Å². The van der Waals surface area contributed by atoms with Gasteiger partial charge in [-0.2, -0.15) is 0 Å². The van der Waals surface area contributed by atoms with E-state index in [1.165, 1.54) is 17.7 Å². The van der Waals surface area contributed by atoms with Crippen LogP contribution in [0.1, 0.15) is 6.92 Å². The first-order valence-corrected chi connectivity index (χ1v) is 8.52. The lowest BCUT2D eigenvalue weighted by Gasteiger charge is -2.11. The lowest BCUT2D eigenvalue weighted by atomic mass is 10.3. The second-order valence-electron chi connectivity index (χ2n) is 5.89. The molecule has 0 fully saturated rings. The lowest BCUT2D eigenvalue weighted by molar-refractivity contribution is 1.000. The van der Waals surface area contributed by atoms with E-state index in [1.807, 2.05) is 50.2 Å². The predicted octanol–water partition coefficient (Wildman–Crippen LogP) is 2.98. The minimum atomic E-state index is -0.110. The van der Waals surface area contributed by atoms with Gasteiger partial charge in [-0.05, 0) is 36.8 Å². The standard InChI is InChI=1S/C18H15N5OS/c1-11-5-4-6-12(8-7-11)23-10-21-14-13-16(22(2)3)19-9-20-17(13)25-15(14)18(23)24/h4,6-10H,1-3H3. The second-order valence-corrected chi connectivity index (χ2v) is 6.89. The molecule has 0 unspecified atom stereocenters. The summed E-state index contributed by atoms with van der Waals surface area (Å²) in [6.07, 6.45) is 10.5. The van der Waals surface area contributed by atoms with Gasteiger partial charge in [0.1, 0.15) is 33.5 Å². The molecule has 3 heterocycles. The monoisotopic (exact) mass is 349 g/mol. The molecule has 0 saturated heterocycles. The van der Waals surface area contributed by atoms with Gasteiger partial charge in [-0.15, -0.1) is 17.1 Å². The molecule has 6 nitrogen and oxygen atoms in total. The maximum atomic E-state index is 13.0. The van der Waals surface area contributed by atoms with E-state index in [9.17, 15) is 4.79 Å². The first-order chi connectivity index (χ1) is 12.1. The van der Waals surface area contributed by atoms with E-state index < -0.39 is 0 Å². The van der Waals surface area contributed by atoms with Gasteiger partial charge in [-0.25, -0.2) is 15.0 Å². The molecular formula is C18H15N5OS. The molecule has 7 heteroatoms. The van der Waals surface area contributed by atoms with Crippen LogP contribution in [0.3, 0.4) is 0 Å². The number of nitrogens with zero attached hydrogens (tertiary/aromatic N) is 5. The average Bonchev–Trinajstić information content (AvgIpc) is 2.85. The van der Waals surface area contributed by atoms with E-state index in [0.29, 0.717) is 10.2 Å². The molecule has 0 saturated carbocycles. The quantitative estimate of drug-likeness (QED) is 0.666. The van der Waals surface area contributed by atoms with E-state index in [4.69, 9.17) is 0 Å². The third kappa shape index (κ3) is 2.50. The molecule has 4 rings (SSSR count).